The predicted molar refractivity (Wildman–Crippen MR) is 120 cm³/mol. The van der Waals surface area contributed by atoms with Crippen molar-refractivity contribution >= 4 is 35.7 Å². The Morgan fingerprint density at radius 3 is 2.68 bits per heavy atom. The standard InChI is InChI=1S/C21H18N8O4S/c1-12-6-8-14(9-7-12)34-11-16-17(24-28-29(16)19-18(22)26-33-27-19)20(30)25-23-10-13-4-2-3-5-15(13)21(31)32/h2-10H,11H2,1H3,(H2,22,26)(H,25,30)(H,31,32)/p-1/b23-10-. The molecule has 34 heavy (non-hydrogen) atoms. The van der Waals surface area contributed by atoms with E-state index < -0.39 is 11.9 Å². The topological polar surface area (TPSA) is 177 Å². The van der Waals surface area contributed by atoms with E-state index in [1.54, 1.807) is 12.1 Å². The number of carboxylic acids is 1. The smallest absolute Gasteiger partial charge is 0.293 e. The molecule has 0 aliphatic carbocycles. The highest BCUT2D eigenvalue weighted by Gasteiger charge is 2.24. The van der Waals surface area contributed by atoms with Crippen LogP contribution in [-0.4, -0.2) is 43.4 Å². The molecule has 2 heterocycles. The van der Waals surface area contributed by atoms with Crippen molar-refractivity contribution in [3.05, 3.63) is 76.6 Å². The molecule has 12 nitrogen and oxygen atoms in total. The Labute approximate surface area is 196 Å². The zero-order chi connectivity index (χ0) is 24.1. The van der Waals surface area contributed by atoms with Crippen molar-refractivity contribution in [1.82, 2.24) is 30.7 Å². The zero-order valence-corrected chi connectivity index (χ0v) is 18.5. The van der Waals surface area contributed by atoms with E-state index in [0.717, 1.165) is 10.5 Å². The Balaban J connectivity index is 1.58. The Kier molecular flexibility index (Phi) is 6.64. The fourth-order valence-corrected chi connectivity index (χ4v) is 3.80. The first-order valence-electron chi connectivity index (χ1n) is 9.80. The van der Waals surface area contributed by atoms with Gasteiger partial charge in [-0.25, -0.2) is 10.1 Å². The molecule has 0 aliphatic heterocycles. The Bertz CT molecular complexity index is 1360. The number of nitrogens with one attached hydrogen (secondary N) is 1. The van der Waals surface area contributed by atoms with Crippen LogP contribution in [0.1, 0.15) is 37.7 Å². The highest BCUT2D eigenvalue weighted by molar-refractivity contribution is 7.98. The SMILES string of the molecule is Cc1ccc(SCc2c(C(=O)N/N=C\c3ccccc3C(=O)[O-])nnn2-c2nonc2N)cc1. The molecule has 0 radical (unpaired) electrons. The van der Waals surface area contributed by atoms with Gasteiger partial charge in [-0.3, -0.25) is 4.79 Å². The van der Waals surface area contributed by atoms with Crippen molar-refractivity contribution in [2.45, 2.75) is 17.6 Å². The van der Waals surface area contributed by atoms with Gasteiger partial charge in [0.1, 0.15) is 0 Å². The number of nitrogens with two attached hydrogens (primary N) is 1. The van der Waals surface area contributed by atoms with E-state index in [1.165, 1.54) is 34.8 Å². The van der Waals surface area contributed by atoms with Crippen molar-refractivity contribution in [3.8, 4) is 5.82 Å². The number of hydrogen-bond donors (Lipinski definition) is 2. The summed E-state index contributed by atoms with van der Waals surface area (Å²) < 4.78 is 5.92. The van der Waals surface area contributed by atoms with E-state index >= 15 is 0 Å². The van der Waals surface area contributed by atoms with Gasteiger partial charge in [-0.2, -0.15) is 9.78 Å². The largest absolute Gasteiger partial charge is 0.545 e. The van der Waals surface area contributed by atoms with Crippen LogP contribution in [-0.2, 0) is 5.75 Å². The first-order chi connectivity index (χ1) is 16.4. The van der Waals surface area contributed by atoms with Gasteiger partial charge in [0.25, 0.3) is 5.91 Å². The van der Waals surface area contributed by atoms with Crippen LogP contribution < -0.4 is 16.3 Å². The van der Waals surface area contributed by atoms with Crippen LogP contribution in [0.2, 0.25) is 0 Å². The highest BCUT2D eigenvalue weighted by Crippen LogP contribution is 2.26. The normalized spacial score (nSPS) is 11.1. The fourth-order valence-electron chi connectivity index (χ4n) is 2.91. The van der Waals surface area contributed by atoms with Crippen molar-refractivity contribution in [2.24, 2.45) is 5.10 Å². The lowest BCUT2D eigenvalue weighted by atomic mass is 10.1. The highest BCUT2D eigenvalue weighted by atomic mass is 32.2. The maximum absolute atomic E-state index is 12.8. The Hall–Kier alpha value is -4.52. The minimum absolute atomic E-state index is 0.0182. The van der Waals surface area contributed by atoms with Gasteiger partial charge in [0.2, 0.25) is 11.6 Å². The summed E-state index contributed by atoms with van der Waals surface area (Å²) in [5.41, 5.74) is 9.82. The number of amides is 1. The Morgan fingerprint density at radius 2 is 1.97 bits per heavy atom. The minimum atomic E-state index is -1.36. The first kappa shape index (κ1) is 22.7. The van der Waals surface area contributed by atoms with Crippen LogP contribution in [0.25, 0.3) is 5.82 Å². The number of nitrogen functional groups attached to an aromatic ring is 1. The lowest BCUT2D eigenvalue weighted by molar-refractivity contribution is -0.255. The zero-order valence-electron chi connectivity index (χ0n) is 17.7. The van der Waals surface area contributed by atoms with Crippen molar-refractivity contribution in [3.63, 3.8) is 0 Å². The summed E-state index contributed by atoms with van der Waals surface area (Å²) in [6.45, 7) is 1.99. The van der Waals surface area contributed by atoms with Gasteiger partial charge in [-0.1, -0.05) is 47.2 Å². The Morgan fingerprint density at radius 1 is 1.21 bits per heavy atom. The van der Waals surface area contributed by atoms with Gasteiger partial charge in [-0.05, 0) is 29.4 Å². The molecule has 0 saturated carbocycles. The maximum atomic E-state index is 12.8. The summed E-state index contributed by atoms with van der Waals surface area (Å²) in [6, 6.07) is 14.0. The molecular weight excluding hydrogens is 460 g/mol. The molecule has 0 fully saturated rings. The van der Waals surface area contributed by atoms with E-state index in [0.29, 0.717) is 11.4 Å². The first-order valence-corrected chi connectivity index (χ1v) is 10.8. The second-order valence-corrected chi connectivity index (χ2v) is 7.99. The molecule has 0 bridgehead atoms. The van der Waals surface area contributed by atoms with E-state index in [9.17, 15) is 14.7 Å². The van der Waals surface area contributed by atoms with Crippen molar-refractivity contribution < 1.29 is 19.3 Å². The van der Waals surface area contributed by atoms with Crippen LogP contribution in [0.15, 0.2) is 63.2 Å². The number of carbonyl (C=O) groups is 2. The summed E-state index contributed by atoms with van der Waals surface area (Å²) in [7, 11) is 0. The van der Waals surface area contributed by atoms with Gasteiger partial charge < -0.3 is 15.6 Å². The molecule has 13 heteroatoms. The number of thioether (sulfide) groups is 1. The number of aryl methyl sites for hydroxylation is 1. The molecule has 3 N–H and O–H groups in total. The van der Waals surface area contributed by atoms with Crippen LogP contribution in [0.3, 0.4) is 0 Å². The molecule has 0 atom stereocenters. The number of anilines is 1. The number of carbonyl (C=O) groups excluding carboxylic acids is 2. The second-order valence-electron chi connectivity index (χ2n) is 6.95. The van der Waals surface area contributed by atoms with Gasteiger partial charge in [0.15, 0.2) is 5.69 Å². The van der Waals surface area contributed by atoms with Gasteiger partial charge in [0, 0.05) is 21.8 Å². The molecule has 1 amide bonds. The van der Waals surface area contributed by atoms with Crippen LogP contribution >= 0.6 is 11.8 Å². The molecule has 2 aromatic heterocycles. The van der Waals surface area contributed by atoms with Crippen molar-refractivity contribution in [1.29, 1.82) is 0 Å². The number of benzene rings is 2. The van der Waals surface area contributed by atoms with Gasteiger partial charge >= 0.3 is 0 Å². The van der Waals surface area contributed by atoms with Crippen LogP contribution in [0, 0.1) is 6.92 Å². The van der Waals surface area contributed by atoms with E-state index in [4.69, 9.17) is 5.73 Å². The summed E-state index contributed by atoms with van der Waals surface area (Å²) >= 11 is 1.45. The average Bonchev–Trinajstić information content (AvgIpc) is 3.44. The van der Waals surface area contributed by atoms with Crippen LogP contribution in [0.5, 0.6) is 0 Å². The maximum Gasteiger partial charge on any atom is 0.293 e. The third kappa shape index (κ3) is 4.94. The number of aromatic nitrogens is 5. The molecule has 2 aromatic carbocycles. The molecule has 4 aromatic rings. The van der Waals surface area contributed by atoms with Crippen molar-refractivity contribution in [2.75, 3.05) is 5.73 Å². The number of carboxylic acid groups (broad SMARTS) is 1. The number of nitrogens with zero attached hydrogens (tertiary/aromatic N) is 6. The quantitative estimate of drug-likeness (QED) is 0.211. The third-order valence-corrected chi connectivity index (χ3v) is 5.64. The van der Waals surface area contributed by atoms with E-state index in [2.05, 4.69) is 35.8 Å². The summed E-state index contributed by atoms with van der Waals surface area (Å²) in [4.78, 5) is 25.0. The molecule has 0 unspecified atom stereocenters. The van der Waals surface area contributed by atoms with E-state index in [-0.39, 0.29) is 28.5 Å². The summed E-state index contributed by atoms with van der Waals surface area (Å²) in [5.74, 6) is -1.65. The lowest BCUT2D eigenvalue weighted by Gasteiger charge is -2.07. The minimum Gasteiger partial charge on any atom is -0.545 e. The number of aromatic carboxylic acids is 1. The molecular formula is C21H17N8O4S-. The molecule has 4 rings (SSSR count). The third-order valence-electron chi connectivity index (χ3n) is 4.62. The lowest BCUT2D eigenvalue weighted by Crippen LogP contribution is -2.24. The predicted octanol–water partition coefficient (Wildman–Crippen LogP) is 0.961. The number of hydrazone groups is 1. The van der Waals surface area contributed by atoms with Crippen LogP contribution in [0.4, 0.5) is 5.82 Å². The summed E-state index contributed by atoms with van der Waals surface area (Å²) in [6.07, 6.45) is 1.20. The average molecular weight is 477 g/mol. The fraction of sp³-hybridized carbons (Fsp3) is 0.0952. The molecule has 0 saturated heterocycles. The number of hydrogen-bond acceptors (Lipinski definition) is 11. The second kappa shape index (κ2) is 9.95. The van der Waals surface area contributed by atoms with E-state index in [1.807, 2.05) is 31.2 Å². The molecule has 0 aliphatic rings. The molecule has 172 valence electrons. The summed E-state index contributed by atoms with van der Waals surface area (Å²) in [5, 5.41) is 30.3. The van der Waals surface area contributed by atoms with Gasteiger partial charge in [-0.15, -0.1) is 16.9 Å². The molecule has 0 spiro atoms. The number of rotatable bonds is 8. The monoisotopic (exact) mass is 477 g/mol. The van der Waals surface area contributed by atoms with Gasteiger partial charge in [0.05, 0.1) is 17.9 Å².